The van der Waals surface area contributed by atoms with Gasteiger partial charge in [-0.3, -0.25) is 4.98 Å². The SMILES string of the molecule is CCc1ccc(CN(Cc2cccnc2)S(=O)(=O)c2ccc(F)c(F)c2)cc1. The molecule has 28 heavy (non-hydrogen) atoms. The van der Waals surface area contributed by atoms with E-state index in [0.717, 1.165) is 29.7 Å². The second-order valence-corrected chi connectivity index (χ2v) is 8.32. The third-order valence-electron chi connectivity index (χ3n) is 4.40. The minimum absolute atomic E-state index is 0.0602. The quantitative estimate of drug-likeness (QED) is 0.592. The lowest BCUT2D eigenvalue weighted by molar-refractivity contribution is 0.400. The molecule has 0 atom stereocenters. The lowest BCUT2D eigenvalue weighted by atomic mass is 10.1. The van der Waals surface area contributed by atoms with Gasteiger partial charge in [-0.05, 0) is 47.4 Å². The summed E-state index contributed by atoms with van der Waals surface area (Å²) in [7, 11) is -4.05. The summed E-state index contributed by atoms with van der Waals surface area (Å²) in [6.45, 7) is 2.20. The van der Waals surface area contributed by atoms with Gasteiger partial charge in [0.1, 0.15) is 0 Å². The van der Waals surface area contributed by atoms with E-state index in [1.54, 1.807) is 24.5 Å². The summed E-state index contributed by atoms with van der Waals surface area (Å²) in [5, 5.41) is 0. The molecule has 1 heterocycles. The summed E-state index contributed by atoms with van der Waals surface area (Å²) in [5.41, 5.74) is 2.64. The minimum atomic E-state index is -4.05. The molecule has 0 spiro atoms. The topological polar surface area (TPSA) is 50.3 Å². The number of benzene rings is 2. The first-order valence-electron chi connectivity index (χ1n) is 8.82. The normalized spacial score (nSPS) is 11.7. The maximum atomic E-state index is 13.6. The average molecular weight is 402 g/mol. The Kier molecular flexibility index (Phi) is 6.16. The lowest BCUT2D eigenvalue weighted by Crippen LogP contribution is -2.30. The molecule has 146 valence electrons. The van der Waals surface area contributed by atoms with Gasteiger partial charge in [0, 0.05) is 25.5 Å². The Morgan fingerprint density at radius 2 is 1.57 bits per heavy atom. The number of nitrogens with zero attached hydrogens (tertiary/aromatic N) is 2. The van der Waals surface area contributed by atoms with Gasteiger partial charge in [0.15, 0.2) is 11.6 Å². The summed E-state index contributed by atoms with van der Waals surface area (Å²) >= 11 is 0. The van der Waals surface area contributed by atoms with Crippen LogP contribution >= 0.6 is 0 Å². The van der Waals surface area contributed by atoms with Gasteiger partial charge in [-0.15, -0.1) is 0 Å². The van der Waals surface area contributed by atoms with Crippen LogP contribution in [-0.2, 0) is 29.5 Å². The van der Waals surface area contributed by atoms with Crippen LogP contribution in [0.25, 0.3) is 0 Å². The molecule has 0 bridgehead atoms. The summed E-state index contributed by atoms with van der Waals surface area (Å²) in [6, 6.07) is 13.7. The molecule has 0 fully saturated rings. The Balaban J connectivity index is 1.97. The Labute approximate surface area is 163 Å². The number of rotatable bonds is 7. The highest BCUT2D eigenvalue weighted by atomic mass is 32.2. The fourth-order valence-electron chi connectivity index (χ4n) is 2.79. The predicted molar refractivity (Wildman–Crippen MR) is 103 cm³/mol. The van der Waals surface area contributed by atoms with Crippen molar-refractivity contribution >= 4 is 10.0 Å². The van der Waals surface area contributed by atoms with Crippen molar-refractivity contribution in [3.63, 3.8) is 0 Å². The van der Waals surface area contributed by atoms with Crippen LogP contribution < -0.4 is 0 Å². The van der Waals surface area contributed by atoms with E-state index in [1.165, 1.54) is 4.31 Å². The zero-order valence-electron chi connectivity index (χ0n) is 15.3. The largest absolute Gasteiger partial charge is 0.264 e. The van der Waals surface area contributed by atoms with Crippen LogP contribution in [0.15, 0.2) is 71.9 Å². The van der Waals surface area contributed by atoms with Crippen molar-refractivity contribution in [3.8, 4) is 0 Å². The molecule has 0 saturated heterocycles. The van der Waals surface area contributed by atoms with Gasteiger partial charge in [-0.2, -0.15) is 4.31 Å². The lowest BCUT2D eigenvalue weighted by Gasteiger charge is -2.22. The van der Waals surface area contributed by atoms with E-state index in [2.05, 4.69) is 4.98 Å². The molecule has 4 nitrogen and oxygen atoms in total. The van der Waals surface area contributed by atoms with E-state index in [9.17, 15) is 17.2 Å². The van der Waals surface area contributed by atoms with Crippen molar-refractivity contribution in [2.24, 2.45) is 0 Å². The molecule has 2 aromatic carbocycles. The highest BCUT2D eigenvalue weighted by Crippen LogP contribution is 2.23. The van der Waals surface area contributed by atoms with Crippen molar-refractivity contribution in [1.29, 1.82) is 0 Å². The number of hydrogen-bond donors (Lipinski definition) is 0. The van der Waals surface area contributed by atoms with Gasteiger partial charge in [-0.1, -0.05) is 37.3 Å². The van der Waals surface area contributed by atoms with Gasteiger partial charge in [0.25, 0.3) is 0 Å². The second-order valence-electron chi connectivity index (χ2n) is 6.38. The molecule has 3 aromatic rings. The van der Waals surface area contributed by atoms with E-state index >= 15 is 0 Å². The molecule has 0 aliphatic rings. The number of halogens is 2. The van der Waals surface area contributed by atoms with Crippen LogP contribution in [0.3, 0.4) is 0 Å². The molecule has 0 amide bonds. The van der Waals surface area contributed by atoms with E-state index in [4.69, 9.17) is 0 Å². The van der Waals surface area contributed by atoms with Crippen molar-refractivity contribution < 1.29 is 17.2 Å². The minimum Gasteiger partial charge on any atom is -0.264 e. The monoisotopic (exact) mass is 402 g/mol. The Morgan fingerprint density at radius 1 is 0.893 bits per heavy atom. The van der Waals surface area contributed by atoms with E-state index in [-0.39, 0.29) is 18.0 Å². The van der Waals surface area contributed by atoms with Crippen LogP contribution in [0.5, 0.6) is 0 Å². The standard InChI is InChI=1S/C21H20F2N2O2S/c1-2-16-5-7-17(8-6-16)14-25(15-18-4-3-11-24-13-18)28(26,27)19-9-10-20(22)21(23)12-19/h3-13H,2,14-15H2,1H3. The molecule has 1 aromatic heterocycles. The molecule has 0 saturated carbocycles. The number of sulfonamides is 1. The summed E-state index contributed by atoms with van der Waals surface area (Å²) in [5.74, 6) is -2.29. The fraction of sp³-hybridized carbons (Fsp3) is 0.190. The van der Waals surface area contributed by atoms with Crippen molar-refractivity contribution in [2.75, 3.05) is 0 Å². The molecule has 3 rings (SSSR count). The zero-order chi connectivity index (χ0) is 20.1. The Bertz CT molecular complexity index is 1040. The second kappa shape index (κ2) is 8.58. The number of aromatic nitrogens is 1. The first-order chi connectivity index (χ1) is 13.4. The third kappa shape index (κ3) is 4.61. The maximum absolute atomic E-state index is 13.6. The van der Waals surface area contributed by atoms with Crippen LogP contribution in [-0.4, -0.2) is 17.7 Å². The molecule has 0 radical (unpaired) electrons. The summed E-state index contributed by atoms with van der Waals surface area (Å²) in [4.78, 5) is 3.73. The Morgan fingerprint density at radius 3 is 2.18 bits per heavy atom. The first-order valence-corrected chi connectivity index (χ1v) is 10.3. The molecule has 0 unspecified atom stereocenters. The molecule has 7 heteroatoms. The molecular weight excluding hydrogens is 382 g/mol. The highest BCUT2D eigenvalue weighted by molar-refractivity contribution is 7.89. The van der Waals surface area contributed by atoms with Crippen LogP contribution in [0, 0.1) is 11.6 Å². The summed E-state index contributed by atoms with van der Waals surface area (Å²) < 4.78 is 54.4. The van der Waals surface area contributed by atoms with E-state index in [1.807, 2.05) is 31.2 Å². The van der Waals surface area contributed by atoms with Gasteiger partial charge in [0.05, 0.1) is 4.90 Å². The van der Waals surface area contributed by atoms with E-state index in [0.29, 0.717) is 11.6 Å². The number of aryl methyl sites for hydroxylation is 1. The highest BCUT2D eigenvalue weighted by Gasteiger charge is 2.26. The van der Waals surface area contributed by atoms with Crippen molar-refractivity contribution in [1.82, 2.24) is 9.29 Å². The van der Waals surface area contributed by atoms with Gasteiger partial charge >= 0.3 is 0 Å². The molecule has 0 aliphatic carbocycles. The van der Waals surface area contributed by atoms with Crippen LogP contribution in [0.1, 0.15) is 23.6 Å². The van der Waals surface area contributed by atoms with Crippen molar-refractivity contribution in [2.45, 2.75) is 31.3 Å². The first kappa shape index (κ1) is 20.1. The number of pyridine rings is 1. The smallest absolute Gasteiger partial charge is 0.243 e. The van der Waals surface area contributed by atoms with Crippen molar-refractivity contribution in [3.05, 3.63) is 95.3 Å². The third-order valence-corrected chi connectivity index (χ3v) is 6.19. The Hall–Kier alpha value is -2.64. The average Bonchev–Trinajstić information content (AvgIpc) is 2.71. The summed E-state index contributed by atoms with van der Waals surface area (Å²) in [6.07, 6.45) is 4.06. The van der Waals surface area contributed by atoms with Crippen LogP contribution in [0.4, 0.5) is 8.78 Å². The molecule has 0 aliphatic heterocycles. The van der Waals surface area contributed by atoms with Crippen LogP contribution in [0.2, 0.25) is 0 Å². The van der Waals surface area contributed by atoms with Gasteiger partial charge in [-0.25, -0.2) is 17.2 Å². The molecular formula is C21H20F2N2O2S. The maximum Gasteiger partial charge on any atom is 0.243 e. The predicted octanol–water partition coefficient (Wildman–Crippen LogP) is 4.31. The number of hydrogen-bond acceptors (Lipinski definition) is 3. The zero-order valence-corrected chi connectivity index (χ0v) is 16.2. The van der Waals surface area contributed by atoms with E-state index < -0.39 is 21.7 Å². The van der Waals surface area contributed by atoms with Gasteiger partial charge in [0.2, 0.25) is 10.0 Å². The fourth-order valence-corrected chi connectivity index (χ4v) is 4.22. The van der Waals surface area contributed by atoms with Gasteiger partial charge < -0.3 is 0 Å². The molecule has 0 N–H and O–H groups in total.